The highest BCUT2D eigenvalue weighted by atomic mass is 35.5. The number of hydrogen-bond acceptors (Lipinski definition) is 6. The molecule has 1 aliphatic carbocycles. The van der Waals surface area contributed by atoms with E-state index in [1.807, 2.05) is 30.6 Å². The van der Waals surface area contributed by atoms with E-state index in [2.05, 4.69) is 56.6 Å². The third-order valence-corrected chi connectivity index (χ3v) is 7.71. The molecule has 1 aliphatic heterocycles. The van der Waals surface area contributed by atoms with Crippen molar-refractivity contribution in [2.45, 2.75) is 38.4 Å². The Morgan fingerprint density at radius 1 is 1.03 bits per heavy atom. The number of imidazole rings is 1. The predicted molar refractivity (Wildman–Crippen MR) is 143 cm³/mol. The number of fused-ring (bicyclic) bond motifs is 2. The monoisotopic (exact) mass is 501 g/mol. The van der Waals surface area contributed by atoms with Crippen molar-refractivity contribution in [1.82, 2.24) is 29.2 Å². The van der Waals surface area contributed by atoms with Gasteiger partial charge < -0.3 is 4.90 Å². The average molecular weight is 502 g/mol. The van der Waals surface area contributed by atoms with Crippen LogP contribution >= 0.6 is 11.6 Å². The predicted octanol–water partition coefficient (Wildman–Crippen LogP) is 4.61. The second-order valence-electron chi connectivity index (χ2n) is 9.97. The number of pyridine rings is 1. The second kappa shape index (κ2) is 10.2. The number of aromatic nitrogens is 4. The largest absolute Gasteiger partial charge is 0.339 e. The first-order valence-corrected chi connectivity index (χ1v) is 13.2. The Balaban J connectivity index is 1.15. The van der Waals surface area contributed by atoms with Crippen molar-refractivity contribution >= 4 is 23.2 Å². The Morgan fingerprint density at radius 3 is 2.78 bits per heavy atom. The molecule has 8 heteroatoms. The molecular formula is C28H32ClN7. The fraction of sp³-hybridized carbons (Fsp3) is 0.393. The summed E-state index contributed by atoms with van der Waals surface area (Å²) in [4.78, 5) is 21.7. The van der Waals surface area contributed by atoms with Gasteiger partial charge in [-0.2, -0.15) is 0 Å². The van der Waals surface area contributed by atoms with Gasteiger partial charge in [0.05, 0.1) is 17.4 Å². The summed E-state index contributed by atoms with van der Waals surface area (Å²) in [6.45, 7) is 5.56. The van der Waals surface area contributed by atoms with Gasteiger partial charge in [0.25, 0.3) is 0 Å². The standard InChI is InChI=1S/C28H32ClN7/c1-33(25-9-3-6-22-7-4-11-30-27(22)25)19-24-20-36-26(32-24)10-12-31-28(36)35-15-13-34(14-16-35)18-21-5-2-8-23(29)17-21/h2,4-5,7-8,10-12,17,20,25H,3,6,9,13-16,18-19H2,1H3. The van der Waals surface area contributed by atoms with E-state index in [0.29, 0.717) is 6.04 Å². The van der Waals surface area contributed by atoms with Gasteiger partial charge in [0.15, 0.2) is 0 Å². The lowest BCUT2D eigenvalue weighted by Gasteiger charge is -2.35. The molecule has 0 spiro atoms. The molecule has 1 aromatic carbocycles. The van der Waals surface area contributed by atoms with Gasteiger partial charge in [-0.15, -0.1) is 0 Å². The van der Waals surface area contributed by atoms with Crippen molar-refractivity contribution in [3.8, 4) is 0 Å². The fourth-order valence-electron chi connectivity index (χ4n) is 5.64. The highest BCUT2D eigenvalue weighted by Crippen LogP contribution is 2.32. The molecule has 36 heavy (non-hydrogen) atoms. The van der Waals surface area contributed by atoms with Gasteiger partial charge in [-0.3, -0.25) is 19.2 Å². The van der Waals surface area contributed by atoms with Crippen molar-refractivity contribution in [1.29, 1.82) is 0 Å². The third kappa shape index (κ3) is 4.83. The van der Waals surface area contributed by atoms with Crippen LogP contribution in [0.15, 0.2) is 61.1 Å². The van der Waals surface area contributed by atoms with Crippen LogP contribution in [0.25, 0.3) is 5.65 Å². The van der Waals surface area contributed by atoms with E-state index < -0.39 is 0 Å². The number of nitrogens with zero attached hydrogens (tertiary/aromatic N) is 7. The SMILES string of the molecule is CN(Cc1cn2c(N3CCN(Cc4cccc(Cl)c4)CC3)nccc2n1)C1CCCc2cccnc21. The van der Waals surface area contributed by atoms with Crippen molar-refractivity contribution in [2.75, 3.05) is 38.1 Å². The number of halogens is 1. The highest BCUT2D eigenvalue weighted by Gasteiger charge is 2.26. The van der Waals surface area contributed by atoms with Crippen molar-refractivity contribution in [3.63, 3.8) is 0 Å². The van der Waals surface area contributed by atoms with Gasteiger partial charge in [-0.05, 0) is 61.7 Å². The molecule has 1 unspecified atom stereocenters. The van der Waals surface area contributed by atoms with Crippen LogP contribution in [0.2, 0.25) is 5.02 Å². The van der Waals surface area contributed by atoms with E-state index in [1.54, 1.807) is 0 Å². The van der Waals surface area contributed by atoms with E-state index in [-0.39, 0.29) is 0 Å². The summed E-state index contributed by atoms with van der Waals surface area (Å²) in [7, 11) is 2.19. The van der Waals surface area contributed by atoms with Crippen molar-refractivity contribution in [2.24, 2.45) is 0 Å². The number of benzene rings is 1. The normalized spacial score (nSPS) is 18.6. The molecule has 1 fully saturated rings. The first kappa shape index (κ1) is 23.4. The second-order valence-corrected chi connectivity index (χ2v) is 10.4. The molecule has 4 aromatic rings. The van der Waals surface area contributed by atoms with Crippen LogP contribution in [0, 0.1) is 0 Å². The molecule has 1 atom stereocenters. The lowest BCUT2D eigenvalue weighted by molar-refractivity contribution is 0.206. The van der Waals surface area contributed by atoms with Gasteiger partial charge in [0.1, 0.15) is 5.65 Å². The first-order chi connectivity index (χ1) is 17.6. The molecule has 6 rings (SSSR count). The molecule has 0 N–H and O–H groups in total. The van der Waals surface area contributed by atoms with Crippen molar-refractivity contribution in [3.05, 3.63) is 88.6 Å². The summed E-state index contributed by atoms with van der Waals surface area (Å²) in [5.41, 5.74) is 5.89. The molecule has 0 bridgehead atoms. The molecule has 4 heterocycles. The molecule has 0 radical (unpaired) electrons. The van der Waals surface area contributed by atoms with Gasteiger partial charge in [0.2, 0.25) is 5.95 Å². The molecule has 3 aromatic heterocycles. The maximum absolute atomic E-state index is 6.17. The van der Waals surface area contributed by atoms with Gasteiger partial charge in [0, 0.05) is 62.9 Å². The van der Waals surface area contributed by atoms with Crippen LogP contribution in [0.5, 0.6) is 0 Å². The summed E-state index contributed by atoms with van der Waals surface area (Å²) in [5.74, 6) is 0.973. The summed E-state index contributed by atoms with van der Waals surface area (Å²) in [6, 6.07) is 14.8. The zero-order valence-corrected chi connectivity index (χ0v) is 21.5. The zero-order chi connectivity index (χ0) is 24.5. The minimum Gasteiger partial charge on any atom is -0.339 e. The Morgan fingerprint density at radius 2 is 1.92 bits per heavy atom. The van der Waals surface area contributed by atoms with Crippen LogP contribution in [0.1, 0.15) is 41.4 Å². The number of hydrogen-bond donors (Lipinski definition) is 0. The zero-order valence-electron chi connectivity index (χ0n) is 20.7. The molecule has 0 amide bonds. The Kier molecular flexibility index (Phi) is 6.61. The molecule has 186 valence electrons. The van der Waals surface area contributed by atoms with E-state index in [9.17, 15) is 0 Å². The Labute approximate surface area is 217 Å². The van der Waals surface area contributed by atoms with Gasteiger partial charge in [-0.25, -0.2) is 9.97 Å². The van der Waals surface area contributed by atoms with Crippen LogP contribution in [0.3, 0.4) is 0 Å². The summed E-state index contributed by atoms with van der Waals surface area (Å²) < 4.78 is 2.16. The number of aryl methyl sites for hydroxylation is 1. The summed E-state index contributed by atoms with van der Waals surface area (Å²) in [6.07, 6.45) is 9.43. The minimum atomic E-state index is 0.338. The Hall–Kier alpha value is -3.00. The number of rotatable bonds is 6. The van der Waals surface area contributed by atoms with Gasteiger partial charge >= 0.3 is 0 Å². The fourth-order valence-corrected chi connectivity index (χ4v) is 5.86. The molecule has 7 nitrogen and oxygen atoms in total. The summed E-state index contributed by atoms with van der Waals surface area (Å²) >= 11 is 6.17. The lowest BCUT2D eigenvalue weighted by atomic mass is 9.91. The lowest BCUT2D eigenvalue weighted by Crippen LogP contribution is -2.46. The quantitative estimate of drug-likeness (QED) is 0.384. The van der Waals surface area contributed by atoms with Crippen LogP contribution < -0.4 is 4.90 Å². The van der Waals surface area contributed by atoms with E-state index in [0.717, 1.165) is 74.4 Å². The smallest absolute Gasteiger partial charge is 0.211 e. The maximum atomic E-state index is 6.17. The van der Waals surface area contributed by atoms with Crippen LogP contribution in [-0.4, -0.2) is 62.4 Å². The molecular weight excluding hydrogens is 470 g/mol. The topological polar surface area (TPSA) is 52.8 Å². The van der Waals surface area contributed by atoms with E-state index >= 15 is 0 Å². The van der Waals surface area contributed by atoms with Crippen molar-refractivity contribution < 1.29 is 0 Å². The van der Waals surface area contributed by atoms with E-state index in [4.69, 9.17) is 26.6 Å². The molecule has 0 saturated carbocycles. The van der Waals surface area contributed by atoms with Gasteiger partial charge in [-0.1, -0.05) is 29.8 Å². The third-order valence-electron chi connectivity index (χ3n) is 7.47. The number of anilines is 1. The van der Waals surface area contributed by atoms with E-state index in [1.165, 1.54) is 23.2 Å². The maximum Gasteiger partial charge on any atom is 0.211 e. The molecule has 1 saturated heterocycles. The number of piperazine rings is 1. The highest BCUT2D eigenvalue weighted by molar-refractivity contribution is 6.30. The molecule has 2 aliphatic rings. The first-order valence-electron chi connectivity index (χ1n) is 12.8. The average Bonchev–Trinajstić information content (AvgIpc) is 3.31. The van der Waals surface area contributed by atoms with Crippen LogP contribution in [-0.2, 0) is 19.5 Å². The minimum absolute atomic E-state index is 0.338. The van der Waals surface area contributed by atoms with Crippen LogP contribution in [0.4, 0.5) is 5.95 Å². The Bertz CT molecular complexity index is 1340. The summed E-state index contributed by atoms with van der Waals surface area (Å²) in [5, 5.41) is 0.799.